The maximum atomic E-state index is 13.7. The maximum Gasteiger partial charge on any atom is 0.335 e. The van der Waals surface area contributed by atoms with Crippen LogP contribution in [0.3, 0.4) is 0 Å². The molecule has 0 saturated heterocycles. The Morgan fingerprint density at radius 2 is 2.00 bits per heavy atom. The van der Waals surface area contributed by atoms with Gasteiger partial charge in [-0.2, -0.15) is 0 Å². The van der Waals surface area contributed by atoms with Gasteiger partial charge in [-0.05, 0) is 18.2 Å². The summed E-state index contributed by atoms with van der Waals surface area (Å²) in [6.45, 7) is -0.320. The summed E-state index contributed by atoms with van der Waals surface area (Å²) in [5.74, 6) is -1.88. The molecule has 0 radical (unpaired) electrons. The van der Waals surface area contributed by atoms with Gasteiger partial charge in [0.2, 0.25) is 0 Å². The number of carboxylic acids is 1. The summed E-state index contributed by atoms with van der Waals surface area (Å²) in [4.78, 5) is 34.3. The highest BCUT2D eigenvalue weighted by molar-refractivity contribution is 5.87. The third kappa shape index (κ3) is 2.51. The summed E-state index contributed by atoms with van der Waals surface area (Å²) in [5, 5.41) is 8.86. The van der Waals surface area contributed by atoms with Gasteiger partial charge in [-0.3, -0.25) is 9.36 Å². The summed E-state index contributed by atoms with van der Waals surface area (Å²) in [6.07, 6.45) is 1.31. The molecule has 0 saturated carbocycles. The van der Waals surface area contributed by atoms with Crippen molar-refractivity contribution >= 4 is 5.97 Å². The first-order valence-corrected chi connectivity index (χ1v) is 5.68. The highest BCUT2D eigenvalue weighted by Crippen LogP contribution is 2.11. The number of carbonyl (C=O) groups is 1. The van der Waals surface area contributed by atoms with Gasteiger partial charge in [0.15, 0.2) is 0 Å². The summed E-state index contributed by atoms with van der Waals surface area (Å²) >= 11 is 0. The second-order valence-electron chi connectivity index (χ2n) is 4.24. The van der Waals surface area contributed by atoms with Crippen LogP contribution in [0.15, 0.2) is 40.1 Å². The number of aromatic nitrogens is 2. The monoisotopic (exact) mass is 278 g/mol. The van der Waals surface area contributed by atoms with Crippen LogP contribution in [0.2, 0.25) is 0 Å². The van der Waals surface area contributed by atoms with Crippen LogP contribution in [-0.4, -0.2) is 20.2 Å². The maximum absolute atomic E-state index is 13.7. The molecule has 7 heteroatoms. The number of hydrogen-bond acceptors (Lipinski definition) is 3. The molecule has 0 atom stereocenters. The van der Waals surface area contributed by atoms with Crippen LogP contribution in [-0.2, 0) is 13.6 Å². The molecule has 0 fully saturated rings. The Labute approximate surface area is 112 Å². The summed E-state index contributed by atoms with van der Waals surface area (Å²) < 4.78 is 15.7. The molecule has 0 bridgehead atoms. The van der Waals surface area contributed by atoms with Crippen LogP contribution in [0.5, 0.6) is 0 Å². The number of halogens is 1. The van der Waals surface area contributed by atoms with Crippen LogP contribution in [0, 0.1) is 5.82 Å². The average molecular weight is 278 g/mol. The van der Waals surface area contributed by atoms with E-state index in [4.69, 9.17) is 5.11 Å². The molecule has 0 aliphatic carbocycles. The van der Waals surface area contributed by atoms with Gasteiger partial charge in [0, 0.05) is 24.9 Å². The second kappa shape index (κ2) is 5.12. The van der Waals surface area contributed by atoms with E-state index in [0.29, 0.717) is 0 Å². The predicted octanol–water partition coefficient (Wildman–Crippen LogP) is 0.433. The second-order valence-corrected chi connectivity index (χ2v) is 4.24. The van der Waals surface area contributed by atoms with Crippen molar-refractivity contribution in [2.75, 3.05) is 0 Å². The fourth-order valence-electron chi connectivity index (χ4n) is 1.76. The first-order chi connectivity index (χ1) is 9.40. The zero-order chi connectivity index (χ0) is 14.9. The van der Waals surface area contributed by atoms with Gasteiger partial charge in [-0.15, -0.1) is 0 Å². The average Bonchev–Trinajstić information content (AvgIpc) is 2.41. The highest BCUT2D eigenvalue weighted by Gasteiger charge is 2.11. The van der Waals surface area contributed by atoms with Crippen molar-refractivity contribution in [1.82, 2.24) is 9.13 Å². The quantitative estimate of drug-likeness (QED) is 0.883. The first-order valence-electron chi connectivity index (χ1n) is 5.68. The number of benzene rings is 1. The van der Waals surface area contributed by atoms with E-state index in [1.807, 2.05) is 0 Å². The molecule has 2 aromatic rings. The molecule has 104 valence electrons. The van der Waals surface area contributed by atoms with Gasteiger partial charge in [0.1, 0.15) is 5.82 Å². The molecule has 1 N–H and O–H groups in total. The van der Waals surface area contributed by atoms with Crippen molar-refractivity contribution in [2.45, 2.75) is 6.54 Å². The summed E-state index contributed by atoms with van der Waals surface area (Å²) in [7, 11) is 1.46. The Bertz CT molecular complexity index is 792. The minimum Gasteiger partial charge on any atom is -0.478 e. The van der Waals surface area contributed by atoms with E-state index in [0.717, 1.165) is 22.8 Å². The molecular weight excluding hydrogens is 267 g/mol. The number of hydrogen-bond donors (Lipinski definition) is 1. The molecule has 1 heterocycles. The minimum atomic E-state index is -1.21. The lowest BCUT2D eigenvalue weighted by molar-refractivity contribution is 0.0696. The molecular formula is C13H11FN2O4. The normalized spacial score (nSPS) is 10.5. The number of carboxylic acid groups (broad SMARTS) is 1. The predicted molar refractivity (Wildman–Crippen MR) is 68.4 cm³/mol. The van der Waals surface area contributed by atoms with Gasteiger partial charge in [-0.25, -0.2) is 14.0 Å². The summed E-state index contributed by atoms with van der Waals surface area (Å²) in [5.41, 5.74) is -1.32. The minimum absolute atomic E-state index is 0.0321. The molecule has 0 spiro atoms. The van der Waals surface area contributed by atoms with Gasteiger partial charge in [0.05, 0.1) is 12.1 Å². The Kier molecular flexibility index (Phi) is 3.51. The van der Waals surface area contributed by atoms with Crippen LogP contribution in [0.4, 0.5) is 4.39 Å². The third-order valence-electron chi connectivity index (χ3n) is 2.86. The van der Waals surface area contributed by atoms with E-state index in [2.05, 4.69) is 0 Å². The van der Waals surface area contributed by atoms with Crippen molar-refractivity contribution in [3.05, 3.63) is 68.2 Å². The van der Waals surface area contributed by atoms with Gasteiger partial charge in [-0.1, -0.05) is 0 Å². The number of nitrogens with zero attached hydrogens (tertiary/aromatic N) is 2. The zero-order valence-corrected chi connectivity index (χ0v) is 10.5. The van der Waals surface area contributed by atoms with Crippen LogP contribution in [0.1, 0.15) is 15.9 Å². The van der Waals surface area contributed by atoms with Crippen molar-refractivity contribution in [2.24, 2.45) is 7.05 Å². The van der Waals surface area contributed by atoms with E-state index >= 15 is 0 Å². The third-order valence-corrected chi connectivity index (χ3v) is 2.86. The zero-order valence-electron chi connectivity index (χ0n) is 10.5. The standard InChI is InChI=1S/C13H11FN2O4/c1-15-5-4-11(17)16(13(15)20)7-9-6-8(12(18)19)2-3-10(9)14/h2-6H,7H2,1H3,(H,18,19). The largest absolute Gasteiger partial charge is 0.478 e. The van der Waals surface area contributed by atoms with Crippen LogP contribution >= 0.6 is 0 Å². The number of aromatic carboxylic acids is 1. The molecule has 0 unspecified atom stereocenters. The highest BCUT2D eigenvalue weighted by atomic mass is 19.1. The molecule has 20 heavy (non-hydrogen) atoms. The Hall–Kier alpha value is -2.70. The molecule has 6 nitrogen and oxygen atoms in total. The van der Waals surface area contributed by atoms with Gasteiger partial charge >= 0.3 is 11.7 Å². The Morgan fingerprint density at radius 1 is 1.30 bits per heavy atom. The topological polar surface area (TPSA) is 81.3 Å². The van der Waals surface area contributed by atoms with E-state index < -0.39 is 23.0 Å². The molecule has 1 aromatic carbocycles. The lowest BCUT2D eigenvalue weighted by atomic mass is 10.1. The fourth-order valence-corrected chi connectivity index (χ4v) is 1.76. The number of rotatable bonds is 3. The van der Waals surface area contributed by atoms with Crippen molar-refractivity contribution in [3.63, 3.8) is 0 Å². The first kappa shape index (κ1) is 13.7. The van der Waals surface area contributed by atoms with E-state index in [9.17, 15) is 18.8 Å². The van der Waals surface area contributed by atoms with E-state index in [1.165, 1.54) is 23.9 Å². The SMILES string of the molecule is Cn1ccc(=O)n(Cc2cc(C(=O)O)ccc2F)c1=O. The molecule has 1 aromatic heterocycles. The van der Waals surface area contributed by atoms with Crippen molar-refractivity contribution in [3.8, 4) is 0 Å². The molecule has 0 aliphatic heterocycles. The fraction of sp³-hybridized carbons (Fsp3) is 0.154. The molecule has 2 rings (SSSR count). The Morgan fingerprint density at radius 3 is 2.65 bits per heavy atom. The van der Waals surface area contributed by atoms with Gasteiger partial charge in [0.25, 0.3) is 5.56 Å². The van der Waals surface area contributed by atoms with Crippen molar-refractivity contribution in [1.29, 1.82) is 0 Å². The molecule has 0 aliphatic rings. The van der Waals surface area contributed by atoms with E-state index in [-0.39, 0.29) is 17.7 Å². The smallest absolute Gasteiger partial charge is 0.335 e. The van der Waals surface area contributed by atoms with E-state index in [1.54, 1.807) is 0 Å². The lowest BCUT2D eigenvalue weighted by Crippen LogP contribution is -2.38. The van der Waals surface area contributed by atoms with Crippen LogP contribution < -0.4 is 11.2 Å². The van der Waals surface area contributed by atoms with Gasteiger partial charge < -0.3 is 9.67 Å². The van der Waals surface area contributed by atoms with Crippen LogP contribution in [0.25, 0.3) is 0 Å². The lowest BCUT2D eigenvalue weighted by Gasteiger charge is -2.08. The number of aryl methyl sites for hydroxylation is 1. The Balaban J connectivity index is 2.53. The molecule has 0 amide bonds. The summed E-state index contributed by atoms with van der Waals surface area (Å²) in [6, 6.07) is 4.40. The van der Waals surface area contributed by atoms with Crippen molar-refractivity contribution < 1.29 is 14.3 Å².